The summed E-state index contributed by atoms with van der Waals surface area (Å²) in [6.07, 6.45) is 1.49. The summed E-state index contributed by atoms with van der Waals surface area (Å²) in [5.41, 5.74) is 3.59. The number of nitrogens with one attached hydrogen (secondary N) is 2. The summed E-state index contributed by atoms with van der Waals surface area (Å²) in [6, 6.07) is 12.0. The van der Waals surface area contributed by atoms with Gasteiger partial charge in [0.1, 0.15) is 5.75 Å². The number of rotatable bonds is 7. The van der Waals surface area contributed by atoms with Crippen LogP contribution in [0.15, 0.2) is 47.6 Å². The molecule has 0 saturated carbocycles. The molecule has 0 aliphatic rings. The van der Waals surface area contributed by atoms with Gasteiger partial charge >= 0.3 is 0 Å². The number of hydrogen-bond donors (Lipinski definition) is 2. The molecule has 0 saturated heterocycles. The lowest BCUT2D eigenvalue weighted by Crippen LogP contribution is -2.20. The predicted octanol–water partition coefficient (Wildman–Crippen LogP) is 3.87. The van der Waals surface area contributed by atoms with Crippen molar-refractivity contribution in [3.63, 3.8) is 0 Å². The van der Waals surface area contributed by atoms with E-state index in [1.54, 1.807) is 25.3 Å². The minimum Gasteiger partial charge on any atom is -0.497 e. The quantitative estimate of drug-likeness (QED) is 0.553. The number of amides is 2. The van der Waals surface area contributed by atoms with E-state index >= 15 is 0 Å². The summed E-state index contributed by atoms with van der Waals surface area (Å²) in [5, 5.41) is 7.29. The number of hydrogen-bond acceptors (Lipinski definition) is 4. The number of benzene rings is 2. The Morgan fingerprint density at radius 2 is 1.88 bits per heavy atom. The van der Waals surface area contributed by atoms with E-state index in [4.69, 9.17) is 27.9 Å². The molecule has 0 aliphatic carbocycles. The Balaban J connectivity index is 1.77. The molecule has 0 fully saturated rings. The molecule has 0 aliphatic heterocycles. The minimum absolute atomic E-state index is 0.000527. The van der Waals surface area contributed by atoms with Crippen LogP contribution in [0, 0.1) is 0 Å². The molecule has 136 valence electrons. The third-order valence-electron chi connectivity index (χ3n) is 3.28. The van der Waals surface area contributed by atoms with E-state index in [1.165, 1.54) is 12.3 Å². The number of anilines is 1. The lowest BCUT2D eigenvalue weighted by Gasteiger charge is -2.07. The summed E-state index contributed by atoms with van der Waals surface area (Å²) in [4.78, 5) is 23.6. The van der Waals surface area contributed by atoms with Gasteiger partial charge in [-0.1, -0.05) is 35.3 Å². The second-order valence-corrected chi connectivity index (χ2v) is 6.09. The van der Waals surface area contributed by atoms with Crippen LogP contribution in [-0.4, -0.2) is 25.1 Å². The van der Waals surface area contributed by atoms with Crippen molar-refractivity contribution in [2.24, 2.45) is 5.10 Å². The van der Waals surface area contributed by atoms with Gasteiger partial charge in [0.2, 0.25) is 11.8 Å². The van der Waals surface area contributed by atoms with Gasteiger partial charge in [0.05, 0.1) is 24.0 Å². The van der Waals surface area contributed by atoms with Gasteiger partial charge in [0.15, 0.2) is 0 Å². The molecular formula is C18H17Cl2N3O3. The van der Waals surface area contributed by atoms with Crippen molar-refractivity contribution < 1.29 is 14.3 Å². The molecular weight excluding hydrogens is 377 g/mol. The van der Waals surface area contributed by atoms with Crippen LogP contribution in [0.5, 0.6) is 5.75 Å². The molecule has 6 nitrogen and oxygen atoms in total. The molecule has 0 bridgehead atoms. The smallest absolute Gasteiger partial charge is 0.240 e. The fourth-order valence-electron chi connectivity index (χ4n) is 1.99. The molecule has 0 heterocycles. The molecule has 0 spiro atoms. The average molecular weight is 394 g/mol. The Bertz CT molecular complexity index is 825. The zero-order valence-corrected chi connectivity index (χ0v) is 15.5. The number of ether oxygens (including phenoxy) is 1. The summed E-state index contributed by atoms with van der Waals surface area (Å²) in [7, 11) is 1.57. The van der Waals surface area contributed by atoms with Gasteiger partial charge < -0.3 is 10.1 Å². The Labute approximate surface area is 161 Å². The number of methoxy groups -OCH3 is 1. The molecule has 26 heavy (non-hydrogen) atoms. The van der Waals surface area contributed by atoms with E-state index in [0.717, 1.165) is 5.56 Å². The van der Waals surface area contributed by atoms with Crippen molar-refractivity contribution in [1.82, 2.24) is 5.43 Å². The highest BCUT2D eigenvalue weighted by molar-refractivity contribution is 6.36. The maximum Gasteiger partial charge on any atom is 0.240 e. The fraction of sp³-hybridized carbons (Fsp3) is 0.167. The highest BCUT2D eigenvalue weighted by atomic mass is 35.5. The van der Waals surface area contributed by atoms with E-state index in [2.05, 4.69) is 15.8 Å². The summed E-state index contributed by atoms with van der Waals surface area (Å²) in [5.74, 6) is -0.0135. The number of nitrogens with zero attached hydrogens (tertiary/aromatic N) is 1. The highest BCUT2D eigenvalue weighted by Crippen LogP contribution is 2.25. The minimum atomic E-state index is -0.374. The zero-order chi connectivity index (χ0) is 18.9. The van der Waals surface area contributed by atoms with Crippen molar-refractivity contribution in [3.05, 3.63) is 58.1 Å². The molecule has 8 heteroatoms. The lowest BCUT2D eigenvalue weighted by molar-refractivity contribution is -0.124. The van der Waals surface area contributed by atoms with Gasteiger partial charge in [-0.2, -0.15) is 5.10 Å². The number of carbonyl (C=O) groups excluding carboxylic acids is 2. The van der Waals surface area contributed by atoms with Crippen molar-refractivity contribution in [1.29, 1.82) is 0 Å². The van der Waals surface area contributed by atoms with Gasteiger partial charge in [-0.3, -0.25) is 9.59 Å². The number of halogens is 2. The summed E-state index contributed by atoms with van der Waals surface area (Å²) < 4.78 is 5.10. The van der Waals surface area contributed by atoms with Crippen molar-refractivity contribution in [3.8, 4) is 5.75 Å². The van der Waals surface area contributed by atoms with Gasteiger partial charge in [-0.05, 0) is 35.9 Å². The standard InChI is InChI=1S/C18H17Cl2N3O3/c1-26-14-4-2-3-12(9-14)11-21-23-18(25)8-7-17(24)22-16-6-5-13(19)10-15(16)20/h2-6,9-11H,7-8H2,1H3,(H,22,24)(H,23,25)/b21-11+. The topological polar surface area (TPSA) is 79.8 Å². The first-order valence-corrected chi connectivity index (χ1v) is 8.44. The molecule has 2 aromatic carbocycles. The van der Waals surface area contributed by atoms with Crippen LogP contribution in [0.3, 0.4) is 0 Å². The van der Waals surface area contributed by atoms with Crippen LogP contribution in [0.2, 0.25) is 10.0 Å². The van der Waals surface area contributed by atoms with Gasteiger partial charge in [-0.25, -0.2) is 5.43 Å². The maximum absolute atomic E-state index is 11.9. The van der Waals surface area contributed by atoms with Crippen LogP contribution >= 0.6 is 23.2 Å². The van der Waals surface area contributed by atoms with Gasteiger partial charge in [-0.15, -0.1) is 0 Å². The van der Waals surface area contributed by atoms with Gasteiger partial charge in [0.25, 0.3) is 0 Å². The number of hydrazone groups is 1. The first-order valence-electron chi connectivity index (χ1n) is 7.69. The second-order valence-electron chi connectivity index (χ2n) is 5.24. The zero-order valence-electron chi connectivity index (χ0n) is 14.0. The third kappa shape index (κ3) is 6.38. The third-order valence-corrected chi connectivity index (χ3v) is 3.83. The monoisotopic (exact) mass is 393 g/mol. The maximum atomic E-state index is 11.9. The van der Waals surface area contributed by atoms with Gasteiger partial charge in [0, 0.05) is 17.9 Å². The summed E-state index contributed by atoms with van der Waals surface area (Å²) in [6.45, 7) is 0. The Morgan fingerprint density at radius 1 is 1.12 bits per heavy atom. The van der Waals surface area contributed by atoms with E-state index in [0.29, 0.717) is 21.5 Å². The molecule has 2 rings (SSSR count). The normalized spacial score (nSPS) is 10.6. The number of carbonyl (C=O) groups is 2. The van der Waals surface area contributed by atoms with Crippen molar-refractivity contribution >= 4 is 46.9 Å². The molecule has 0 aromatic heterocycles. The second kappa shape index (κ2) is 9.79. The first-order chi connectivity index (χ1) is 12.5. The van der Waals surface area contributed by atoms with Crippen LogP contribution in [0.1, 0.15) is 18.4 Å². The SMILES string of the molecule is COc1cccc(/C=N/NC(=O)CCC(=O)Nc2ccc(Cl)cc2Cl)c1. The molecule has 2 N–H and O–H groups in total. The Kier molecular flexibility index (Phi) is 7.44. The molecule has 0 atom stereocenters. The van der Waals surface area contributed by atoms with E-state index in [-0.39, 0.29) is 24.7 Å². The Morgan fingerprint density at radius 3 is 2.62 bits per heavy atom. The Hall–Kier alpha value is -2.57. The lowest BCUT2D eigenvalue weighted by atomic mass is 10.2. The van der Waals surface area contributed by atoms with E-state index in [1.807, 2.05) is 18.2 Å². The molecule has 2 amide bonds. The highest BCUT2D eigenvalue weighted by Gasteiger charge is 2.09. The fourth-order valence-corrected chi connectivity index (χ4v) is 2.44. The van der Waals surface area contributed by atoms with Crippen LogP contribution in [0.4, 0.5) is 5.69 Å². The summed E-state index contributed by atoms with van der Waals surface area (Å²) >= 11 is 11.8. The largest absolute Gasteiger partial charge is 0.497 e. The van der Waals surface area contributed by atoms with E-state index < -0.39 is 0 Å². The average Bonchev–Trinajstić information content (AvgIpc) is 2.62. The molecule has 0 unspecified atom stereocenters. The van der Waals surface area contributed by atoms with E-state index in [9.17, 15) is 9.59 Å². The van der Waals surface area contributed by atoms with Crippen molar-refractivity contribution in [2.45, 2.75) is 12.8 Å². The predicted molar refractivity (Wildman–Crippen MR) is 103 cm³/mol. The van der Waals surface area contributed by atoms with Crippen molar-refractivity contribution in [2.75, 3.05) is 12.4 Å². The molecule has 2 aromatic rings. The van der Waals surface area contributed by atoms with Crippen LogP contribution in [0.25, 0.3) is 0 Å². The molecule has 0 radical (unpaired) electrons. The first kappa shape index (κ1) is 19.8. The van der Waals surface area contributed by atoms with Crippen LogP contribution < -0.4 is 15.5 Å². The van der Waals surface area contributed by atoms with Crippen LogP contribution in [-0.2, 0) is 9.59 Å².